The van der Waals surface area contributed by atoms with Gasteiger partial charge in [0, 0.05) is 11.8 Å². The van der Waals surface area contributed by atoms with Gasteiger partial charge in [-0.05, 0) is 39.0 Å². The van der Waals surface area contributed by atoms with E-state index in [1.807, 2.05) is 0 Å². The van der Waals surface area contributed by atoms with Gasteiger partial charge < -0.3 is 15.6 Å². The van der Waals surface area contributed by atoms with E-state index in [9.17, 15) is 14.7 Å². The van der Waals surface area contributed by atoms with Gasteiger partial charge in [-0.1, -0.05) is 12.1 Å². The Hall–Kier alpha value is -2.89. The Morgan fingerprint density at radius 3 is 2.39 bits per heavy atom. The van der Waals surface area contributed by atoms with E-state index in [0.29, 0.717) is 5.56 Å². The zero-order valence-electron chi connectivity index (χ0n) is 13.2. The van der Waals surface area contributed by atoms with Crippen molar-refractivity contribution in [3.63, 3.8) is 0 Å². The highest BCUT2D eigenvalue weighted by molar-refractivity contribution is 6.02. The first-order valence-electron chi connectivity index (χ1n) is 7.01. The van der Waals surface area contributed by atoms with E-state index in [2.05, 4.69) is 4.98 Å². The van der Waals surface area contributed by atoms with Crippen LogP contribution in [0.5, 0.6) is 0 Å². The summed E-state index contributed by atoms with van der Waals surface area (Å²) >= 11 is 0. The van der Waals surface area contributed by atoms with Crippen molar-refractivity contribution in [2.75, 3.05) is 5.73 Å². The summed E-state index contributed by atoms with van der Waals surface area (Å²) in [6.45, 7) is 5.27. The van der Waals surface area contributed by atoms with E-state index >= 15 is 0 Å². The monoisotopic (exact) mass is 314 g/mol. The molecule has 0 saturated carbocycles. The molecule has 0 bridgehead atoms. The lowest BCUT2D eigenvalue weighted by atomic mass is 10.0. The second-order valence-electron chi connectivity index (χ2n) is 5.97. The van der Waals surface area contributed by atoms with Gasteiger partial charge in [-0.3, -0.25) is 4.98 Å². The largest absolute Gasteiger partial charge is 0.478 e. The van der Waals surface area contributed by atoms with Crippen molar-refractivity contribution in [1.82, 2.24) is 4.98 Å². The maximum Gasteiger partial charge on any atom is 0.340 e. The Balaban J connectivity index is 2.54. The maximum atomic E-state index is 12.2. The lowest BCUT2D eigenvalue weighted by molar-refractivity contribution is 0.00706. The Labute approximate surface area is 133 Å². The molecule has 0 radical (unpaired) electrons. The average molecular weight is 314 g/mol. The molecule has 6 heteroatoms. The van der Waals surface area contributed by atoms with E-state index in [4.69, 9.17) is 10.5 Å². The summed E-state index contributed by atoms with van der Waals surface area (Å²) in [5, 5.41) is 9.28. The summed E-state index contributed by atoms with van der Waals surface area (Å²) in [7, 11) is 0. The third kappa shape index (κ3) is 3.66. The van der Waals surface area contributed by atoms with Crippen LogP contribution in [0.2, 0.25) is 0 Å². The molecule has 6 nitrogen and oxygen atoms in total. The summed E-state index contributed by atoms with van der Waals surface area (Å²) in [6, 6.07) is 7.74. The molecule has 3 N–H and O–H groups in total. The number of esters is 1. The Kier molecular flexibility index (Phi) is 4.36. The number of carboxylic acid groups (broad SMARTS) is 1. The molecule has 0 aliphatic rings. The molecule has 120 valence electrons. The van der Waals surface area contributed by atoms with Crippen molar-refractivity contribution < 1.29 is 19.4 Å². The number of carboxylic acids is 1. The number of hydrogen-bond donors (Lipinski definition) is 2. The molecule has 23 heavy (non-hydrogen) atoms. The van der Waals surface area contributed by atoms with Crippen molar-refractivity contribution in [3.05, 3.63) is 47.7 Å². The van der Waals surface area contributed by atoms with Crippen LogP contribution in [-0.2, 0) is 4.74 Å². The Morgan fingerprint density at radius 1 is 1.13 bits per heavy atom. The molecule has 1 aromatic heterocycles. The highest BCUT2D eigenvalue weighted by atomic mass is 16.6. The van der Waals surface area contributed by atoms with Gasteiger partial charge in [0.05, 0.1) is 22.5 Å². The van der Waals surface area contributed by atoms with Gasteiger partial charge in [0.2, 0.25) is 0 Å². The number of hydrogen-bond acceptors (Lipinski definition) is 5. The standard InChI is InChI=1S/C17H18N2O4/c1-17(2,3)23-16(22)11-7-4-6-10(13(11)18)14-12(15(20)21)8-5-9-19-14/h4-9H,18H2,1-3H3,(H,20,21). The second kappa shape index (κ2) is 6.08. The number of ether oxygens (including phenoxy) is 1. The quantitative estimate of drug-likeness (QED) is 0.667. The zero-order valence-corrected chi connectivity index (χ0v) is 13.2. The molecule has 2 aromatic rings. The normalized spacial score (nSPS) is 11.1. The lowest BCUT2D eigenvalue weighted by Crippen LogP contribution is -2.24. The van der Waals surface area contributed by atoms with Crippen molar-refractivity contribution in [2.45, 2.75) is 26.4 Å². The number of nitrogens with zero attached hydrogens (tertiary/aromatic N) is 1. The van der Waals surface area contributed by atoms with Crippen molar-refractivity contribution in [3.8, 4) is 11.3 Å². The topological polar surface area (TPSA) is 103 Å². The minimum atomic E-state index is -1.12. The zero-order chi connectivity index (χ0) is 17.2. The van der Waals surface area contributed by atoms with Crippen molar-refractivity contribution in [1.29, 1.82) is 0 Å². The fraction of sp³-hybridized carbons (Fsp3) is 0.235. The predicted molar refractivity (Wildman–Crippen MR) is 86.2 cm³/mol. The van der Waals surface area contributed by atoms with Crippen LogP contribution in [0.15, 0.2) is 36.5 Å². The minimum absolute atomic E-state index is 0.0144. The number of rotatable bonds is 3. The van der Waals surface area contributed by atoms with Crippen LogP contribution in [0, 0.1) is 0 Å². The lowest BCUT2D eigenvalue weighted by Gasteiger charge is -2.20. The van der Waals surface area contributed by atoms with Crippen LogP contribution < -0.4 is 5.73 Å². The molecule has 0 aliphatic heterocycles. The van der Waals surface area contributed by atoms with Gasteiger partial charge in [0.15, 0.2) is 0 Å². The molecule has 0 amide bonds. The van der Waals surface area contributed by atoms with Crippen LogP contribution in [0.3, 0.4) is 0 Å². The molecular formula is C17H18N2O4. The first-order valence-corrected chi connectivity index (χ1v) is 7.01. The molecule has 1 aromatic carbocycles. The molecule has 2 rings (SSSR count). The van der Waals surface area contributed by atoms with Gasteiger partial charge in [-0.2, -0.15) is 0 Å². The summed E-state index contributed by atoms with van der Waals surface area (Å²) in [4.78, 5) is 27.7. The number of benzene rings is 1. The smallest absolute Gasteiger partial charge is 0.340 e. The van der Waals surface area contributed by atoms with Crippen LogP contribution >= 0.6 is 0 Å². The molecule has 0 saturated heterocycles. The first-order chi connectivity index (χ1) is 10.7. The van der Waals surface area contributed by atoms with E-state index in [0.717, 1.165) is 0 Å². The van der Waals surface area contributed by atoms with Crippen molar-refractivity contribution >= 4 is 17.6 Å². The molecule has 0 unspecified atom stereocenters. The Morgan fingerprint density at radius 2 is 1.78 bits per heavy atom. The second-order valence-corrected chi connectivity index (χ2v) is 5.97. The maximum absolute atomic E-state index is 12.2. The fourth-order valence-electron chi connectivity index (χ4n) is 2.08. The first kappa shape index (κ1) is 16.5. The summed E-state index contributed by atoms with van der Waals surface area (Å²) in [5.41, 5.74) is 6.34. The van der Waals surface area contributed by atoms with Crippen LogP contribution in [0.25, 0.3) is 11.3 Å². The number of para-hydroxylation sites is 1. The number of carbonyl (C=O) groups excluding carboxylic acids is 1. The number of anilines is 1. The molecule has 0 spiro atoms. The third-order valence-corrected chi connectivity index (χ3v) is 3.02. The predicted octanol–water partition coefficient (Wildman–Crippen LogP) is 2.98. The van der Waals surface area contributed by atoms with E-state index in [1.165, 1.54) is 24.4 Å². The number of carbonyl (C=O) groups is 2. The number of pyridine rings is 1. The minimum Gasteiger partial charge on any atom is -0.478 e. The van der Waals surface area contributed by atoms with E-state index in [-0.39, 0.29) is 22.5 Å². The molecule has 1 heterocycles. The van der Waals surface area contributed by atoms with Gasteiger partial charge in [-0.25, -0.2) is 9.59 Å². The van der Waals surface area contributed by atoms with E-state index < -0.39 is 17.5 Å². The van der Waals surface area contributed by atoms with Crippen LogP contribution in [0.4, 0.5) is 5.69 Å². The van der Waals surface area contributed by atoms with Crippen LogP contribution in [-0.4, -0.2) is 27.6 Å². The number of nitrogen functional groups attached to an aromatic ring is 1. The van der Waals surface area contributed by atoms with Gasteiger partial charge in [0.25, 0.3) is 0 Å². The van der Waals surface area contributed by atoms with E-state index in [1.54, 1.807) is 32.9 Å². The average Bonchev–Trinajstić information content (AvgIpc) is 2.45. The molecule has 0 aliphatic carbocycles. The van der Waals surface area contributed by atoms with Crippen molar-refractivity contribution in [2.24, 2.45) is 0 Å². The SMILES string of the molecule is CC(C)(C)OC(=O)c1cccc(-c2ncccc2C(=O)O)c1N. The highest BCUT2D eigenvalue weighted by Crippen LogP contribution is 2.30. The fourth-order valence-corrected chi connectivity index (χ4v) is 2.08. The highest BCUT2D eigenvalue weighted by Gasteiger charge is 2.22. The number of aromatic carboxylic acids is 1. The number of aromatic nitrogens is 1. The third-order valence-electron chi connectivity index (χ3n) is 3.02. The van der Waals surface area contributed by atoms with Gasteiger partial charge in [-0.15, -0.1) is 0 Å². The van der Waals surface area contributed by atoms with Crippen LogP contribution in [0.1, 0.15) is 41.5 Å². The van der Waals surface area contributed by atoms with Gasteiger partial charge in [0.1, 0.15) is 5.60 Å². The van der Waals surface area contributed by atoms with Gasteiger partial charge >= 0.3 is 11.9 Å². The number of nitrogens with two attached hydrogens (primary N) is 1. The molecule has 0 atom stereocenters. The molecule has 0 fully saturated rings. The molecular weight excluding hydrogens is 296 g/mol. The summed E-state index contributed by atoms with van der Waals surface area (Å²) in [5.74, 6) is -1.68. The summed E-state index contributed by atoms with van der Waals surface area (Å²) < 4.78 is 5.32. The Bertz CT molecular complexity index is 763. The summed E-state index contributed by atoms with van der Waals surface area (Å²) in [6.07, 6.45) is 1.47.